The van der Waals surface area contributed by atoms with Gasteiger partial charge >= 0.3 is 0 Å². The van der Waals surface area contributed by atoms with Crippen LogP contribution in [0.3, 0.4) is 0 Å². The van der Waals surface area contributed by atoms with Crippen LogP contribution >= 0.6 is 0 Å². The number of nitrogens with zero attached hydrogens (tertiary/aromatic N) is 6. The van der Waals surface area contributed by atoms with Gasteiger partial charge in [-0.3, -0.25) is 4.79 Å². The van der Waals surface area contributed by atoms with Gasteiger partial charge in [-0.05, 0) is 68.6 Å². The Bertz CT molecular complexity index is 1460. The molecule has 2 atom stereocenters. The van der Waals surface area contributed by atoms with Crippen molar-refractivity contribution in [3.05, 3.63) is 60.9 Å². The summed E-state index contributed by atoms with van der Waals surface area (Å²) in [5, 5.41) is 15.7. The van der Waals surface area contributed by atoms with Crippen LogP contribution in [0.2, 0.25) is 0 Å². The number of nitrogen functional groups attached to an aromatic ring is 1. The number of ether oxygens (including phenoxy) is 1. The Kier molecular flexibility index (Phi) is 7.61. The van der Waals surface area contributed by atoms with Gasteiger partial charge in [0.1, 0.15) is 29.3 Å². The van der Waals surface area contributed by atoms with Crippen molar-refractivity contribution in [2.24, 2.45) is 0 Å². The molecule has 0 saturated carbocycles. The number of aromatic nitrogens is 4. The zero-order valence-electron chi connectivity index (χ0n) is 22.5. The van der Waals surface area contributed by atoms with E-state index in [-0.39, 0.29) is 18.1 Å². The zero-order valence-corrected chi connectivity index (χ0v) is 22.5. The maximum Gasteiger partial charge on any atom is 0.223 e. The smallest absolute Gasteiger partial charge is 0.223 e. The third-order valence-electron chi connectivity index (χ3n) is 7.84. The minimum Gasteiger partial charge on any atom is -0.457 e. The Hall–Kier alpha value is -4.02. The number of carbonyl (C=O) groups excluding carboxylic acids is 1. The first-order chi connectivity index (χ1) is 19.5. The lowest BCUT2D eigenvalue weighted by Gasteiger charge is -2.34. The van der Waals surface area contributed by atoms with E-state index in [1.807, 2.05) is 64.2 Å². The summed E-state index contributed by atoms with van der Waals surface area (Å²) in [5.41, 5.74) is 8.63. The lowest BCUT2D eigenvalue weighted by molar-refractivity contribution is -0.133. The first kappa shape index (κ1) is 26.2. The number of rotatable bonds is 7. The fourth-order valence-electron chi connectivity index (χ4n) is 5.78. The first-order valence-corrected chi connectivity index (χ1v) is 14.1. The van der Waals surface area contributed by atoms with Gasteiger partial charge < -0.3 is 25.4 Å². The van der Waals surface area contributed by atoms with Crippen molar-refractivity contribution in [2.75, 3.05) is 38.5 Å². The molecule has 10 heteroatoms. The van der Waals surface area contributed by atoms with Crippen LogP contribution < -0.4 is 10.5 Å². The second-order valence-electron chi connectivity index (χ2n) is 10.7. The van der Waals surface area contributed by atoms with Crippen LogP contribution in [0.4, 0.5) is 5.82 Å². The van der Waals surface area contributed by atoms with Crippen molar-refractivity contribution >= 4 is 22.8 Å². The van der Waals surface area contributed by atoms with E-state index in [2.05, 4.69) is 14.9 Å². The number of hydrogen-bond donors (Lipinski definition) is 2. The van der Waals surface area contributed by atoms with Gasteiger partial charge in [-0.1, -0.05) is 18.2 Å². The molecule has 2 aromatic heterocycles. The van der Waals surface area contributed by atoms with Gasteiger partial charge in [0.15, 0.2) is 5.65 Å². The van der Waals surface area contributed by atoms with E-state index in [1.165, 1.54) is 6.33 Å². The number of hydrogen-bond acceptors (Lipinski definition) is 8. The Morgan fingerprint density at radius 1 is 0.975 bits per heavy atom. The van der Waals surface area contributed by atoms with Gasteiger partial charge in [0, 0.05) is 38.2 Å². The molecule has 0 bridgehead atoms. The monoisotopic (exact) mass is 541 g/mol. The highest BCUT2D eigenvalue weighted by Crippen LogP contribution is 2.35. The summed E-state index contributed by atoms with van der Waals surface area (Å²) in [6.45, 7) is 3.59. The summed E-state index contributed by atoms with van der Waals surface area (Å²) in [7, 11) is 0. The van der Waals surface area contributed by atoms with Crippen LogP contribution in [0.5, 0.6) is 11.5 Å². The number of para-hydroxylation sites is 1. The van der Waals surface area contributed by atoms with Crippen molar-refractivity contribution in [3.8, 4) is 22.8 Å². The highest BCUT2D eigenvalue weighted by molar-refractivity contribution is 5.98. The number of β-amino-alcohol motifs (C(OH)–C–C–N with tert-alkyl or cyclic N) is 1. The molecule has 2 aromatic carbocycles. The lowest BCUT2D eigenvalue weighted by atomic mass is 10.0. The average Bonchev–Trinajstić information content (AvgIpc) is 3.38. The van der Waals surface area contributed by atoms with Gasteiger partial charge in [-0.25, -0.2) is 14.6 Å². The summed E-state index contributed by atoms with van der Waals surface area (Å²) >= 11 is 0. The molecule has 0 aliphatic carbocycles. The van der Waals surface area contributed by atoms with Crippen molar-refractivity contribution in [2.45, 2.75) is 44.2 Å². The van der Waals surface area contributed by atoms with Crippen LogP contribution in [0, 0.1) is 0 Å². The lowest BCUT2D eigenvalue weighted by Crippen LogP contribution is -2.44. The third kappa shape index (κ3) is 5.64. The largest absolute Gasteiger partial charge is 0.457 e. The molecule has 1 amide bonds. The number of fused-ring (bicyclic) bond motifs is 1. The molecule has 0 spiro atoms. The standard InChI is InChI=1S/C30H35N7O3/c31-29-27-28(21-10-12-25(13-11-21)40-24-8-2-1-3-9-24)34-37(30(27)33-20-32-29)22-6-4-16-36(18-22)26(39)14-17-35-15-5-7-23(38)19-35/h1-3,8-13,20,22-23,38H,4-7,14-19H2,(H2,31,32,33)/t22-,23?/m0/s1. The van der Waals surface area contributed by atoms with Crippen LogP contribution in [0.15, 0.2) is 60.9 Å². The number of aliphatic hydroxyl groups is 1. The number of aliphatic hydroxyl groups excluding tert-OH is 1. The van der Waals surface area contributed by atoms with Crippen molar-refractivity contribution in [1.82, 2.24) is 29.5 Å². The second kappa shape index (κ2) is 11.6. The normalized spacial score (nSPS) is 20.1. The molecular weight excluding hydrogens is 506 g/mol. The maximum atomic E-state index is 13.2. The Morgan fingerprint density at radius 2 is 1.75 bits per heavy atom. The summed E-state index contributed by atoms with van der Waals surface area (Å²) in [6.07, 6.45) is 5.24. The van der Waals surface area contributed by atoms with Crippen LogP contribution in [0.1, 0.15) is 38.1 Å². The molecule has 10 nitrogen and oxygen atoms in total. The summed E-state index contributed by atoms with van der Waals surface area (Å²) in [4.78, 5) is 26.1. The van der Waals surface area contributed by atoms with Gasteiger partial charge in [0.2, 0.25) is 5.91 Å². The molecule has 2 fully saturated rings. The highest BCUT2D eigenvalue weighted by atomic mass is 16.5. The van der Waals surface area contributed by atoms with E-state index >= 15 is 0 Å². The van der Waals surface area contributed by atoms with E-state index in [9.17, 15) is 9.90 Å². The molecule has 2 aliphatic heterocycles. The molecule has 40 heavy (non-hydrogen) atoms. The molecule has 2 aliphatic rings. The molecule has 208 valence electrons. The molecule has 2 saturated heterocycles. The second-order valence-corrected chi connectivity index (χ2v) is 10.7. The topological polar surface area (TPSA) is 123 Å². The van der Waals surface area contributed by atoms with E-state index < -0.39 is 0 Å². The molecule has 3 N–H and O–H groups in total. The number of benzene rings is 2. The van der Waals surface area contributed by atoms with Crippen molar-refractivity contribution in [3.63, 3.8) is 0 Å². The maximum absolute atomic E-state index is 13.2. The molecule has 4 aromatic rings. The number of carbonyl (C=O) groups is 1. The van der Waals surface area contributed by atoms with Crippen LogP contribution in [-0.4, -0.2) is 79.4 Å². The number of piperidine rings is 2. The summed E-state index contributed by atoms with van der Waals surface area (Å²) < 4.78 is 7.88. The van der Waals surface area contributed by atoms with E-state index in [1.54, 1.807) is 0 Å². The van der Waals surface area contributed by atoms with E-state index in [0.717, 1.165) is 55.8 Å². The third-order valence-corrected chi connectivity index (χ3v) is 7.84. The fourth-order valence-corrected chi connectivity index (χ4v) is 5.78. The predicted octanol–water partition coefficient (Wildman–Crippen LogP) is 3.88. The van der Waals surface area contributed by atoms with Gasteiger partial charge in [-0.15, -0.1) is 0 Å². The first-order valence-electron chi connectivity index (χ1n) is 14.1. The average molecular weight is 542 g/mol. The Labute approximate surface area is 233 Å². The Balaban J connectivity index is 1.20. The van der Waals surface area contributed by atoms with Gasteiger partial charge in [-0.2, -0.15) is 5.10 Å². The highest BCUT2D eigenvalue weighted by Gasteiger charge is 2.29. The van der Waals surface area contributed by atoms with Crippen LogP contribution in [-0.2, 0) is 4.79 Å². The molecule has 4 heterocycles. The molecule has 1 unspecified atom stereocenters. The van der Waals surface area contributed by atoms with Crippen molar-refractivity contribution in [1.29, 1.82) is 0 Å². The van der Waals surface area contributed by atoms with Crippen LogP contribution in [0.25, 0.3) is 22.3 Å². The van der Waals surface area contributed by atoms with Gasteiger partial charge in [0.05, 0.1) is 17.5 Å². The van der Waals surface area contributed by atoms with E-state index in [0.29, 0.717) is 48.6 Å². The fraction of sp³-hybridized carbons (Fsp3) is 0.400. The summed E-state index contributed by atoms with van der Waals surface area (Å²) in [5.74, 6) is 2.02. The minimum absolute atomic E-state index is 0.0132. The zero-order chi connectivity index (χ0) is 27.5. The number of nitrogens with two attached hydrogens (primary N) is 1. The van der Waals surface area contributed by atoms with Gasteiger partial charge in [0.25, 0.3) is 0 Å². The predicted molar refractivity (Wildman–Crippen MR) is 153 cm³/mol. The van der Waals surface area contributed by atoms with Crippen molar-refractivity contribution < 1.29 is 14.6 Å². The Morgan fingerprint density at radius 3 is 2.55 bits per heavy atom. The number of anilines is 1. The molecular formula is C30H35N7O3. The minimum atomic E-state index is -0.285. The SMILES string of the molecule is Nc1ncnc2c1c(-c1ccc(Oc3ccccc3)cc1)nn2[C@H]1CCCN(C(=O)CCN2CCCC(O)C2)C1. The quantitative estimate of drug-likeness (QED) is 0.362. The number of amides is 1. The molecule has 0 radical (unpaired) electrons. The summed E-state index contributed by atoms with van der Waals surface area (Å²) in [6, 6.07) is 17.4. The number of likely N-dealkylation sites (tertiary alicyclic amines) is 2. The molecule has 6 rings (SSSR count). The van der Waals surface area contributed by atoms with E-state index in [4.69, 9.17) is 15.6 Å².